The van der Waals surface area contributed by atoms with Gasteiger partial charge in [-0.05, 0) is 5.56 Å². The third kappa shape index (κ3) is 2.49. The average molecular weight is 294 g/mol. The first kappa shape index (κ1) is 14.9. The molecule has 116 valence electrons. The molecule has 0 radical (unpaired) electrons. The van der Waals surface area contributed by atoms with Gasteiger partial charge in [-0.1, -0.05) is 30.3 Å². The van der Waals surface area contributed by atoms with Crippen LogP contribution < -0.4 is 0 Å². The topological polar surface area (TPSA) is 68.2 Å². The molecule has 1 aliphatic carbocycles. The summed E-state index contributed by atoms with van der Waals surface area (Å²) >= 11 is 0. The van der Waals surface area contributed by atoms with E-state index >= 15 is 0 Å². The van der Waals surface area contributed by atoms with Crippen molar-refractivity contribution in [3.8, 4) is 0 Å². The normalized spacial score (nSPS) is 38.0. The van der Waals surface area contributed by atoms with E-state index in [2.05, 4.69) is 0 Å². The molecule has 1 saturated heterocycles. The van der Waals surface area contributed by atoms with Gasteiger partial charge in [-0.3, -0.25) is 0 Å². The average Bonchev–Trinajstić information content (AvgIpc) is 2.77. The molecule has 5 heteroatoms. The molecule has 3 rings (SSSR count). The van der Waals surface area contributed by atoms with Crippen molar-refractivity contribution in [3.05, 3.63) is 35.9 Å². The highest BCUT2D eigenvalue weighted by atomic mass is 16.7. The van der Waals surface area contributed by atoms with Crippen LogP contribution in [0, 0.1) is 11.8 Å². The van der Waals surface area contributed by atoms with Gasteiger partial charge in [-0.15, -0.1) is 0 Å². The van der Waals surface area contributed by atoms with Crippen LogP contribution in [0.5, 0.6) is 0 Å². The Morgan fingerprint density at radius 1 is 1.29 bits per heavy atom. The Hall–Kier alpha value is -0.980. The Morgan fingerprint density at radius 2 is 2.05 bits per heavy atom. The lowest BCUT2D eigenvalue weighted by Crippen LogP contribution is -2.60. The van der Waals surface area contributed by atoms with E-state index in [9.17, 15) is 10.2 Å². The van der Waals surface area contributed by atoms with Gasteiger partial charge in [0.2, 0.25) is 0 Å². The van der Waals surface area contributed by atoms with Crippen molar-refractivity contribution in [2.75, 3.05) is 20.3 Å². The molecule has 5 nitrogen and oxygen atoms in total. The third-order valence-corrected chi connectivity index (χ3v) is 4.73. The van der Waals surface area contributed by atoms with Crippen molar-refractivity contribution in [3.63, 3.8) is 0 Å². The predicted octanol–water partition coefficient (Wildman–Crippen LogP) is 0.934. The molecule has 3 unspecified atom stereocenters. The van der Waals surface area contributed by atoms with Crippen molar-refractivity contribution in [1.82, 2.24) is 0 Å². The van der Waals surface area contributed by atoms with Crippen molar-refractivity contribution >= 4 is 0 Å². The van der Waals surface area contributed by atoms with Gasteiger partial charge in [0.1, 0.15) is 5.60 Å². The Labute approximate surface area is 124 Å². The summed E-state index contributed by atoms with van der Waals surface area (Å²) in [5.41, 5.74) is 0.497. The van der Waals surface area contributed by atoms with Crippen molar-refractivity contribution in [2.45, 2.75) is 31.0 Å². The second-order valence-electron chi connectivity index (χ2n) is 5.86. The standard InChI is InChI=1S/C16H22O5/c1-19-15-12(8-17)14-13(7-16(14,10-18)21-15)20-9-11-5-3-2-4-6-11/h2-6,12-15,17-18H,7-10H2,1H3/t12?,13?,14?,15-,16+/m0/s1. The molecule has 21 heavy (non-hydrogen) atoms. The number of aliphatic hydroxyl groups is 2. The minimum Gasteiger partial charge on any atom is -0.396 e. The van der Waals surface area contributed by atoms with Gasteiger partial charge in [0.25, 0.3) is 0 Å². The van der Waals surface area contributed by atoms with Crippen LogP contribution in [0.3, 0.4) is 0 Å². The third-order valence-electron chi connectivity index (χ3n) is 4.73. The lowest BCUT2D eigenvalue weighted by molar-refractivity contribution is -0.232. The number of hydrogen-bond acceptors (Lipinski definition) is 5. The van der Waals surface area contributed by atoms with Crippen LogP contribution in [-0.2, 0) is 20.8 Å². The summed E-state index contributed by atoms with van der Waals surface area (Å²) in [6.45, 7) is 0.425. The van der Waals surface area contributed by atoms with Crippen LogP contribution in [0.1, 0.15) is 12.0 Å². The Kier molecular flexibility index (Phi) is 4.28. The van der Waals surface area contributed by atoms with Crippen molar-refractivity contribution < 1.29 is 24.4 Å². The van der Waals surface area contributed by atoms with E-state index in [1.165, 1.54) is 0 Å². The summed E-state index contributed by atoms with van der Waals surface area (Å²) in [7, 11) is 1.56. The largest absolute Gasteiger partial charge is 0.396 e. The zero-order valence-corrected chi connectivity index (χ0v) is 12.1. The van der Waals surface area contributed by atoms with Crippen LogP contribution in [0.2, 0.25) is 0 Å². The smallest absolute Gasteiger partial charge is 0.163 e. The van der Waals surface area contributed by atoms with Gasteiger partial charge >= 0.3 is 0 Å². The fraction of sp³-hybridized carbons (Fsp3) is 0.625. The molecule has 2 fully saturated rings. The summed E-state index contributed by atoms with van der Waals surface area (Å²) in [4.78, 5) is 0. The second kappa shape index (κ2) is 6.02. The van der Waals surface area contributed by atoms with Crippen molar-refractivity contribution in [1.29, 1.82) is 0 Å². The highest BCUT2D eigenvalue weighted by Crippen LogP contribution is 2.55. The fourth-order valence-corrected chi connectivity index (χ4v) is 3.63. The van der Waals surface area contributed by atoms with Crippen LogP contribution in [0.4, 0.5) is 0 Å². The summed E-state index contributed by atoms with van der Waals surface area (Å²) in [6.07, 6.45) is 0.143. The van der Waals surface area contributed by atoms with Gasteiger partial charge in [-0.25, -0.2) is 0 Å². The van der Waals surface area contributed by atoms with Crippen molar-refractivity contribution in [2.24, 2.45) is 11.8 Å². The first-order chi connectivity index (χ1) is 10.2. The number of methoxy groups -OCH3 is 1. The highest BCUT2D eigenvalue weighted by Gasteiger charge is 2.65. The molecule has 0 bridgehead atoms. The molecule has 2 aliphatic rings. The van der Waals surface area contributed by atoms with Crippen LogP contribution in [-0.4, -0.2) is 48.5 Å². The van der Waals surface area contributed by atoms with Gasteiger partial charge in [-0.2, -0.15) is 0 Å². The SMILES string of the molecule is CO[C@H]1O[C@@]2(CO)CC(OCc3ccccc3)C2C1CO. The minimum absolute atomic E-state index is 0.0188. The van der Waals surface area contributed by atoms with E-state index in [0.717, 1.165) is 5.56 Å². The van der Waals surface area contributed by atoms with Gasteiger partial charge in [0.15, 0.2) is 6.29 Å². The molecule has 1 saturated carbocycles. The van der Waals surface area contributed by atoms with Gasteiger partial charge < -0.3 is 24.4 Å². The maximum atomic E-state index is 9.66. The molecular weight excluding hydrogens is 272 g/mol. The van der Waals surface area contributed by atoms with E-state index in [4.69, 9.17) is 14.2 Å². The summed E-state index contributed by atoms with van der Waals surface area (Å²) < 4.78 is 17.1. The van der Waals surface area contributed by atoms with E-state index in [1.807, 2.05) is 30.3 Å². The van der Waals surface area contributed by atoms with Crippen LogP contribution in [0.25, 0.3) is 0 Å². The van der Waals surface area contributed by atoms with Gasteiger partial charge in [0.05, 0.1) is 25.9 Å². The molecule has 1 aromatic rings. The number of aliphatic hydroxyl groups excluding tert-OH is 2. The maximum absolute atomic E-state index is 9.66. The molecule has 0 spiro atoms. The minimum atomic E-state index is -0.616. The fourth-order valence-electron chi connectivity index (χ4n) is 3.63. The summed E-state index contributed by atoms with van der Waals surface area (Å²) in [5, 5.41) is 19.3. The summed E-state index contributed by atoms with van der Waals surface area (Å²) in [5.74, 6) is -0.183. The maximum Gasteiger partial charge on any atom is 0.163 e. The first-order valence-corrected chi connectivity index (χ1v) is 7.32. The number of benzene rings is 1. The molecule has 2 N–H and O–H groups in total. The quantitative estimate of drug-likeness (QED) is 0.817. The second-order valence-corrected chi connectivity index (χ2v) is 5.86. The molecular formula is C16H22O5. The molecule has 1 aliphatic heterocycles. The zero-order valence-electron chi connectivity index (χ0n) is 12.1. The molecule has 5 atom stereocenters. The van der Waals surface area contributed by atoms with Crippen LogP contribution >= 0.6 is 0 Å². The molecule has 1 heterocycles. The van der Waals surface area contributed by atoms with E-state index < -0.39 is 11.9 Å². The number of hydrogen-bond donors (Lipinski definition) is 2. The number of rotatable bonds is 6. The number of fused-ring (bicyclic) bond motifs is 1. The van der Waals surface area contributed by atoms with Gasteiger partial charge in [0, 0.05) is 25.4 Å². The monoisotopic (exact) mass is 294 g/mol. The lowest BCUT2D eigenvalue weighted by Gasteiger charge is -2.49. The zero-order chi connectivity index (χ0) is 14.9. The molecule has 0 aromatic heterocycles. The Bertz CT molecular complexity index is 465. The van der Waals surface area contributed by atoms with E-state index in [0.29, 0.717) is 13.0 Å². The number of ether oxygens (including phenoxy) is 3. The highest BCUT2D eigenvalue weighted by molar-refractivity contribution is 5.15. The Balaban J connectivity index is 1.66. The first-order valence-electron chi connectivity index (χ1n) is 7.32. The predicted molar refractivity (Wildman–Crippen MR) is 75.4 cm³/mol. The molecule has 1 aromatic carbocycles. The van der Waals surface area contributed by atoms with Crippen LogP contribution in [0.15, 0.2) is 30.3 Å². The summed E-state index contributed by atoms with van der Waals surface area (Å²) in [6, 6.07) is 9.97. The van der Waals surface area contributed by atoms with E-state index in [-0.39, 0.29) is 31.2 Å². The lowest BCUT2D eigenvalue weighted by atomic mass is 9.63. The Morgan fingerprint density at radius 3 is 2.67 bits per heavy atom. The molecule has 0 amide bonds. The van der Waals surface area contributed by atoms with E-state index in [1.54, 1.807) is 7.11 Å².